The third-order valence-electron chi connectivity index (χ3n) is 6.00. The van der Waals surface area contributed by atoms with E-state index in [2.05, 4.69) is 16.8 Å². The normalized spacial score (nSPS) is 23.0. The van der Waals surface area contributed by atoms with Gasteiger partial charge in [-0.2, -0.15) is 0 Å². The van der Waals surface area contributed by atoms with E-state index in [1.807, 2.05) is 29.2 Å². The van der Waals surface area contributed by atoms with Crippen molar-refractivity contribution < 1.29 is 13.2 Å². The summed E-state index contributed by atoms with van der Waals surface area (Å²) in [5.74, 6) is 0.0843. The highest BCUT2D eigenvalue weighted by Gasteiger charge is 2.33. The molecule has 2 fully saturated rings. The van der Waals surface area contributed by atoms with Gasteiger partial charge in [-0.25, -0.2) is 13.4 Å². The third kappa shape index (κ3) is 4.39. The molecule has 2 atom stereocenters. The molecule has 1 aromatic carbocycles. The Bertz CT molecular complexity index is 985. The van der Waals surface area contributed by atoms with Gasteiger partial charge in [-0.3, -0.25) is 9.69 Å². The van der Waals surface area contributed by atoms with Crippen LogP contribution in [0.4, 0.5) is 0 Å². The average Bonchev–Trinajstić information content (AvgIpc) is 3.43. The Kier molecular flexibility index (Phi) is 5.77. The molecule has 8 heteroatoms. The molecule has 1 aromatic heterocycles. The van der Waals surface area contributed by atoms with Crippen LogP contribution in [0.2, 0.25) is 0 Å². The molecular weight excluding hydrogens is 406 g/mol. The third-order valence-corrected chi connectivity index (χ3v) is 8.56. The van der Waals surface area contributed by atoms with Crippen molar-refractivity contribution in [1.82, 2.24) is 14.8 Å². The maximum Gasteiger partial charge on any atom is 0.254 e. The first-order valence-corrected chi connectivity index (χ1v) is 12.9. The molecule has 0 radical (unpaired) electrons. The lowest BCUT2D eigenvalue weighted by Gasteiger charge is -2.30. The Morgan fingerprint density at radius 2 is 1.90 bits per heavy atom. The van der Waals surface area contributed by atoms with Crippen LogP contribution in [0, 0.1) is 0 Å². The van der Waals surface area contributed by atoms with Crippen molar-refractivity contribution in [3.05, 3.63) is 35.2 Å². The molecule has 6 nitrogen and oxygen atoms in total. The minimum Gasteiger partial charge on any atom is -0.334 e. The summed E-state index contributed by atoms with van der Waals surface area (Å²) < 4.78 is 23.4. The van der Waals surface area contributed by atoms with Crippen molar-refractivity contribution in [3.8, 4) is 11.3 Å². The van der Waals surface area contributed by atoms with E-state index in [1.54, 1.807) is 5.38 Å². The largest absolute Gasteiger partial charge is 0.334 e. The Balaban J connectivity index is 1.47. The lowest BCUT2D eigenvalue weighted by molar-refractivity contribution is 0.0696. The van der Waals surface area contributed by atoms with E-state index in [-0.39, 0.29) is 10.2 Å². The van der Waals surface area contributed by atoms with E-state index >= 15 is 0 Å². The summed E-state index contributed by atoms with van der Waals surface area (Å²) in [5, 5.41) is 1.74. The predicted octanol–water partition coefficient (Wildman–Crippen LogP) is 3.30. The summed E-state index contributed by atoms with van der Waals surface area (Å²) in [7, 11) is -3.30. The zero-order chi connectivity index (χ0) is 20.6. The van der Waals surface area contributed by atoms with Gasteiger partial charge < -0.3 is 4.90 Å². The van der Waals surface area contributed by atoms with E-state index in [9.17, 15) is 13.2 Å². The van der Waals surface area contributed by atoms with Crippen LogP contribution in [0.5, 0.6) is 0 Å². The first-order chi connectivity index (χ1) is 13.8. The molecule has 3 heterocycles. The van der Waals surface area contributed by atoms with Crippen molar-refractivity contribution in [2.75, 3.05) is 25.9 Å². The van der Waals surface area contributed by atoms with E-state index in [0.29, 0.717) is 23.3 Å². The Morgan fingerprint density at radius 3 is 2.52 bits per heavy atom. The van der Waals surface area contributed by atoms with Crippen molar-refractivity contribution in [2.24, 2.45) is 0 Å². The average molecular weight is 434 g/mol. The van der Waals surface area contributed by atoms with Crippen LogP contribution in [0.25, 0.3) is 11.3 Å². The SMILES string of the molecule is C[C@@H]1CCCN1C[C@@H]1CCCN1C(=O)c1ccc(-c2csc(S(C)(=O)=O)n2)cc1. The van der Waals surface area contributed by atoms with Gasteiger partial charge in [-0.05, 0) is 51.3 Å². The van der Waals surface area contributed by atoms with E-state index < -0.39 is 9.84 Å². The van der Waals surface area contributed by atoms with Gasteiger partial charge in [0.05, 0.1) is 5.69 Å². The summed E-state index contributed by atoms with van der Waals surface area (Å²) in [6.07, 6.45) is 5.79. The Morgan fingerprint density at radius 1 is 1.17 bits per heavy atom. The number of rotatable bonds is 5. The fraction of sp³-hybridized carbons (Fsp3) is 0.524. The van der Waals surface area contributed by atoms with Crippen LogP contribution in [-0.2, 0) is 9.84 Å². The van der Waals surface area contributed by atoms with Crippen LogP contribution >= 0.6 is 11.3 Å². The van der Waals surface area contributed by atoms with Crippen LogP contribution in [0.3, 0.4) is 0 Å². The summed E-state index contributed by atoms with van der Waals surface area (Å²) in [6, 6.07) is 8.25. The number of hydrogen-bond acceptors (Lipinski definition) is 6. The number of aromatic nitrogens is 1. The fourth-order valence-corrected chi connectivity index (χ4v) is 6.00. The van der Waals surface area contributed by atoms with Gasteiger partial charge >= 0.3 is 0 Å². The monoisotopic (exact) mass is 433 g/mol. The molecule has 156 valence electrons. The predicted molar refractivity (Wildman–Crippen MR) is 115 cm³/mol. The number of carbonyl (C=O) groups is 1. The van der Waals surface area contributed by atoms with Crippen molar-refractivity contribution in [1.29, 1.82) is 0 Å². The highest BCUT2D eigenvalue weighted by molar-refractivity contribution is 7.92. The van der Waals surface area contributed by atoms with Crippen molar-refractivity contribution in [2.45, 2.75) is 49.0 Å². The first kappa shape index (κ1) is 20.5. The second-order valence-corrected chi connectivity index (χ2v) is 11.2. The number of benzene rings is 1. The van der Waals surface area contributed by atoms with Crippen molar-refractivity contribution in [3.63, 3.8) is 0 Å². The maximum absolute atomic E-state index is 13.1. The quantitative estimate of drug-likeness (QED) is 0.724. The molecule has 0 unspecified atom stereocenters. The van der Waals surface area contributed by atoms with Crippen LogP contribution in [0.15, 0.2) is 34.0 Å². The molecule has 0 aliphatic carbocycles. The first-order valence-electron chi connectivity index (χ1n) is 10.1. The fourth-order valence-electron chi connectivity index (χ4n) is 4.34. The van der Waals surface area contributed by atoms with E-state index in [0.717, 1.165) is 55.6 Å². The van der Waals surface area contributed by atoms with Gasteiger partial charge in [0.25, 0.3) is 5.91 Å². The van der Waals surface area contributed by atoms with Crippen LogP contribution in [-0.4, -0.2) is 67.1 Å². The summed E-state index contributed by atoms with van der Waals surface area (Å²) in [4.78, 5) is 21.9. The zero-order valence-corrected chi connectivity index (χ0v) is 18.5. The van der Waals surface area contributed by atoms with Crippen LogP contribution in [0.1, 0.15) is 43.0 Å². The van der Waals surface area contributed by atoms with E-state index in [4.69, 9.17) is 0 Å². The zero-order valence-electron chi connectivity index (χ0n) is 16.9. The second-order valence-electron chi connectivity index (χ2n) is 8.13. The Hall–Kier alpha value is -1.77. The number of sulfone groups is 1. The number of likely N-dealkylation sites (tertiary alicyclic amines) is 2. The van der Waals surface area contributed by atoms with Crippen LogP contribution < -0.4 is 0 Å². The van der Waals surface area contributed by atoms with Gasteiger partial charge in [0, 0.05) is 47.9 Å². The number of hydrogen-bond donors (Lipinski definition) is 0. The molecule has 0 saturated carbocycles. The van der Waals surface area contributed by atoms with Crippen molar-refractivity contribution >= 4 is 27.1 Å². The van der Waals surface area contributed by atoms with Gasteiger partial charge in [0.1, 0.15) is 0 Å². The summed E-state index contributed by atoms with van der Waals surface area (Å²) in [6.45, 7) is 5.20. The number of carbonyl (C=O) groups excluding carboxylic acids is 1. The van der Waals surface area contributed by atoms with Gasteiger partial charge in [0.2, 0.25) is 14.2 Å². The smallest absolute Gasteiger partial charge is 0.254 e. The number of thiazole rings is 1. The number of nitrogens with zero attached hydrogens (tertiary/aromatic N) is 3. The molecule has 2 aliphatic rings. The van der Waals surface area contributed by atoms with E-state index in [1.165, 1.54) is 12.8 Å². The second kappa shape index (κ2) is 8.16. The molecule has 0 bridgehead atoms. The molecule has 29 heavy (non-hydrogen) atoms. The molecule has 1 amide bonds. The molecule has 4 rings (SSSR count). The molecule has 2 aromatic rings. The van der Waals surface area contributed by atoms with Gasteiger partial charge in [-0.15, -0.1) is 11.3 Å². The molecule has 2 saturated heterocycles. The minimum absolute atomic E-state index is 0.0843. The van der Waals surface area contributed by atoms with Gasteiger partial charge in [0.15, 0.2) is 0 Å². The molecule has 2 aliphatic heterocycles. The maximum atomic E-state index is 13.1. The summed E-state index contributed by atoms with van der Waals surface area (Å²) >= 11 is 1.12. The highest BCUT2D eigenvalue weighted by Crippen LogP contribution is 2.27. The lowest BCUT2D eigenvalue weighted by atomic mass is 10.1. The minimum atomic E-state index is -3.30. The summed E-state index contributed by atoms with van der Waals surface area (Å²) in [5.41, 5.74) is 2.11. The lowest BCUT2D eigenvalue weighted by Crippen LogP contribution is -2.44. The topological polar surface area (TPSA) is 70.6 Å². The highest BCUT2D eigenvalue weighted by atomic mass is 32.2. The molecular formula is C21H27N3O3S2. The number of amides is 1. The van der Waals surface area contributed by atoms with Gasteiger partial charge in [-0.1, -0.05) is 12.1 Å². The molecule has 0 spiro atoms. The Labute approximate surface area is 176 Å². The molecule has 0 N–H and O–H groups in total. The standard InChI is InChI=1S/C21H27N3O3S2/c1-15-5-3-11-23(15)13-18-6-4-12-24(18)20(25)17-9-7-16(8-10-17)19-14-28-21(22-19)29(2,26)27/h7-10,14-15,18H,3-6,11-13H2,1-2H3/t15-,18+/m1/s1.